The molecule has 0 saturated heterocycles. The fraction of sp³-hybridized carbons (Fsp3) is 0.250. The van der Waals surface area contributed by atoms with Crippen molar-refractivity contribution in [3.05, 3.63) is 29.8 Å². The molecule has 1 N–H and O–H groups in total. The zero-order valence-corrected chi connectivity index (χ0v) is 9.47. The molecule has 18 heavy (non-hydrogen) atoms. The molecule has 0 aliphatic heterocycles. The number of ether oxygens (including phenoxy) is 1. The van der Waals surface area contributed by atoms with Crippen LogP contribution in [0, 0.1) is 11.8 Å². The van der Waals surface area contributed by atoms with E-state index in [2.05, 4.69) is 21.9 Å². The third-order valence-electron chi connectivity index (χ3n) is 1.76. The number of carbonyl (C=O) groups is 1. The van der Waals surface area contributed by atoms with Crippen molar-refractivity contribution < 1.29 is 22.7 Å². The van der Waals surface area contributed by atoms with Gasteiger partial charge in [-0.25, -0.2) is 0 Å². The largest absolute Gasteiger partial charge is 0.573 e. The van der Waals surface area contributed by atoms with Crippen molar-refractivity contribution >= 4 is 5.91 Å². The van der Waals surface area contributed by atoms with E-state index in [4.69, 9.17) is 0 Å². The van der Waals surface area contributed by atoms with Crippen molar-refractivity contribution in [1.29, 1.82) is 0 Å². The molecule has 1 aromatic rings. The average molecular weight is 257 g/mol. The highest BCUT2D eigenvalue weighted by atomic mass is 19.4. The Hall–Kier alpha value is -2.16. The molecule has 96 valence electrons. The van der Waals surface area contributed by atoms with Crippen molar-refractivity contribution in [1.82, 2.24) is 5.32 Å². The number of nitrogens with one attached hydrogen (secondary N) is 1. The molecular weight excluding hydrogens is 247 g/mol. The molecule has 0 aliphatic rings. The summed E-state index contributed by atoms with van der Waals surface area (Å²) >= 11 is 0. The highest BCUT2D eigenvalue weighted by molar-refractivity contribution is 5.73. The van der Waals surface area contributed by atoms with Crippen LogP contribution in [0.4, 0.5) is 13.2 Å². The lowest BCUT2D eigenvalue weighted by atomic mass is 10.2. The number of alkyl halides is 3. The molecule has 0 fully saturated rings. The van der Waals surface area contributed by atoms with Gasteiger partial charge in [-0.15, -0.1) is 13.2 Å². The Morgan fingerprint density at radius 2 is 2.06 bits per heavy atom. The van der Waals surface area contributed by atoms with Gasteiger partial charge in [0.15, 0.2) is 0 Å². The molecule has 1 rings (SSSR count). The minimum Gasteiger partial charge on any atom is -0.404 e. The first-order valence-corrected chi connectivity index (χ1v) is 4.96. The number of halogens is 3. The SMILES string of the molecule is CC(=O)NCC#Cc1ccccc1OC(F)(F)F. The maximum atomic E-state index is 12.1. The van der Waals surface area contributed by atoms with E-state index in [1.54, 1.807) is 6.07 Å². The van der Waals surface area contributed by atoms with Gasteiger partial charge in [0.25, 0.3) is 0 Å². The van der Waals surface area contributed by atoms with Crippen molar-refractivity contribution in [2.24, 2.45) is 0 Å². The second-order valence-electron chi connectivity index (χ2n) is 3.26. The first-order chi connectivity index (χ1) is 8.38. The average Bonchev–Trinajstić information content (AvgIpc) is 2.24. The second-order valence-corrected chi connectivity index (χ2v) is 3.26. The van der Waals surface area contributed by atoms with Crippen LogP contribution in [0.15, 0.2) is 24.3 Å². The number of rotatable bonds is 2. The van der Waals surface area contributed by atoms with Gasteiger partial charge in [-0.3, -0.25) is 4.79 Å². The Labute approximate surface area is 102 Å². The van der Waals surface area contributed by atoms with E-state index in [0.717, 1.165) is 0 Å². The second kappa shape index (κ2) is 5.96. The number of hydrogen-bond acceptors (Lipinski definition) is 2. The number of carbonyl (C=O) groups excluding carboxylic acids is 1. The zero-order valence-electron chi connectivity index (χ0n) is 9.47. The van der Waals surface area contributed by atoms with Crippen LogP contribution in [0.2, 0.25) is 0 Å². The minimum atomic E-state index is -4.75. The summed E-state index contributed by atoms with van der Waals surface area (Å²) in [4.78, 5) is 10.6. The fourth-order valence-corrected chi connectivity index (χ4v) is 1.09. The minimum absolute atomic E-state index is 0.0652. The number of benzene rings is 1. The van der Waals surface area contributed by atoms with Crippen LogP contribution >= 0.6 is 0 Å². The molecule has 0 unspecified atom stereocenters. The van der Waals surface area contributed by atoms with Crippen molar-refractivity contribution in [2.75, 3.05) is 6.54 Å². The lowest BCUT2D eigenvalue weighted by Crippen LogP contribution is -2.19. The molecule has 1 aromatic carbocycles. The van der Waals surface area contributed by atoms with Gasteiger partial charge < -0.3 is 10.1 Å². The number of para-hydroxylation sites is 1. The van der Waals surface area contributed by atoms with Gasteiger partial charge in [0.1, 0.15) is 5.75 Å². The van der Waals surface area contributed by atoms with E-state index in [0.29, 0.717) is 0 Å². The highest BCUT2D eigenvalue weighted by Gasteiger charge is 2.31. The van der Waals surface area contributed by atoms with Crippen LogP contribution in [0.5, 0.6) is 5.75 Å². The van der Waals surface area contributed by atoms with E-state index < -0.39 is 6.36 Å². The summed E-state index contributed by atoms with van der Waals surface area (Å²) in [6.07, 6.45) is -4.75. The monoisotopic (exact) mass is 257 g/mol. The van der Waals surface area contributed by atoms with Gasteiger partial charge in [0.2, 0.25) is 5.91 Å². The van der Waals surface area contributed by atoms with E-state index >= 15 is 0 Å². The summed E-state index contributed by atoms with van der Waals surface area (Å²) in [7, 11) is 0. The molecule has 0 aliphatic carbocycles. The first kappa shape index (κ1) is 13.9. The predicted octanol–water partition coefficient (Wildman–Crippen LogP) is 2.07. The summed E-state index contributed by atoms with van der Waals surface area (Å²) in [5.41, 5.74) is 0.111. The molecule has 0 bridgehead atoms. The van der Waals surface area contributed by atoms with Gasteiger partial charge in [-0.2, -0.15) is 0 Å². The van der Waals surface area contributed by atoms with E-state index in [1.165, 1.54) is 25.1 Å². The highest BCUT2D eigenvalue weighted by Crippen LogP contribution is 2.25. The Morgan fingerprint density at radius 1 is 1.39 bits per heavy atom. The van der Waals surface area contributed by atoms with Crippen molar-refractivity contribution in [3.8, 4) is 17.6 Å². The molecule has 1 amide bonds. The number of amides is 1. The summed E-state index contributed by atoms with van der Waals surface area (Å²) in [5, 5.41) is 2.41. The topological polar surface area (TPSA) is 38.3 Å². The molecule has 6 heteroatoms. The molecule has 0 atom stereocenters. The third kappa shape index (κ3) is 5.25. The van der Waals surface area contributed by atoms with Crippen LogP contribution < -0.4 is 10.1 Å². The van der Waals surface area contributed by atoms with Gasteiger partial charge in [0.05, 0.1) is 12.1 Å². The van der Waals surface area contributed by atoms with Gasteiger partial charge in [0, 0.05) is 6.92 Å². The van der Waals surface area contributed by atoms with Crippen LogP contribution in [0.1, 0.15) is 12.5 Å². The predicted molar refractivity (Wildman–Crippen MR) is 58.7 cm³/mol. The quantitative estimate of drug-likeness (QED) is 0.824. The van der Waals surface area contributed by atoms with E-state index in [9.17, 15) is 18.0 Å². The maximum Gasteiger partial charge on any atom is 0.573 e. The molecule has 0 heterocycles. The fourth-order valence-electron chi connectivity index (χ4n) is 1.09. The van der Waals surface area contributed by atoms with Gasteiger partial charge in [-0.05, 0) is 12.1 Å². The Balaban J connectivity index is 2.79. The molecule has 0 spiro atoms. The van der Waals surface area contributed by atoms with Crippen LogP contribution in [0.25, 0.3) is 0 Å². The number of hydrogen-bond donors (Lipinski definition) is 1. The molecule has 0 radical (unpaired) electrons. The summed E-state index contributed by atoms with van der Waals surface area (Å²) in [6.45, 7) is 1.39. The van der Waals surface area contributed by atoms with Crippen LogP contribution in [-0.2, 0) is 4.79 Å². The first-order valence-electron chi connectivity index (χ1n) is 4.96. The Bertz CT molecular complexity index is 486. The van der Waals surface area contributed by atoms with E-state index in [-0.39, 0.29) is 23.8 Å². The molecule has 3 nitrogen and oxygen atoms in total. The summed E-state index contributed by atoms with van der Waals surface area (Å²) in [6, 6.07) is 5.55. The molecule has 0 aromatic heterocycles. The van der Waals surface area contributed by atoms with Crippen molar-refractivity contribution in [3.63, 3.8) is 0 Å². The zero-order chi connectivity index (χ0) is 13.6. The van der Waals surface area contributed by atoms with E-state index in [1.807, 2.05) is 0 Å². The lowest BCUT2D eigenvalue weighted by Gasteiger charge is -2.09. The summed E-state index contributed by atoms with van der Waals surface area (Å²) in [5.74, 6) is 4.41. The van der Waals surface area contributed by atoms with Crippen LogP contribution in [0.3, 0.4) is 0 Å². The normalized spacial score (nSPS) is 10.2. The maximum absolute atomic E-state index is 12.1. The lowest BCUT2D eigenvalue weighted by molar-refractivity contribution is -0.274. The molecule has 0 saturated carbocycles. The Kier molecular flexibility index (Phi) is 4.60. The smallest absolute Gasteiger partial charge is 0.404 e. The standard InChI is InChI=1S/C12H10F3NO2/c1-9(17)16-8-4-6-10-5-2-3-7-11(10)18-12(13,14)15/h2-3,5,7H,8H2,1H3,(H,16,17). The van der Waals surface area contributed by atoms with Gasteiger partial charge in [-0.1, -0.05) is 24.0 Å². The third-order valence-corrected chi connectivity index (χ3v) is 1.76. The molecular formula is C12H10F3NO2. The summed E-state index contributed by atoms with van der Waals surface area (Å²) < 4.78 is 40.1. The van der Waals surface area contributed by atoms with Crippen LogP contribution in [-0.4, -0.2) is 18.8 Å². The Morgan fingerprint density at radius 3 is 2.67 bits per heavy atom. The van der Waals surface area contributed by atoms with Gasteiger partial charge >= 0.3 is 6.36 Å². The van der Waals surface area contributed by atoms with Crippen molar-refractivity contribution in [2.45, 2.75) is 13.3 Å².